The summed E-state index contributed by atoms with van der Waals surface area (Å²) in [5.74, 6) is 0.624. The molecule has 0 amide bonds. The van der Waals surface area contributed by atoms with Gasteiger partial charge >= 0.3 is 0 Å². The molecule has 1 aromatic heterocycles. The van der Waals surface area contributed by atoms with Gasteiger partial charge in [0.25, 0.3) is 0 Å². The molecule has 2 unspecified atom stereocenters. The van der Waals surface area contributed by atoms with Gasteiger partial charge in [0, 0.05) is 19.5 Å². The predicted molar refractivity (Wildman–Crippen MR) is 66.5 cm³/mol. The summed E-state index contributed by atoms with van der Waals surface area (Å²) >= 11 is 6.22. The van der Waals surface area contributed by atoms with Gasteiger partial charge in [-0.2, -0.15) is 5.10 Å². The van der Waals surface area contributed by atoms with Crippen LogP contribution in [-0.4, -0.2) is 15.8 Å². The molecular weight excluding hydrogens is 222 g/mol. The number of hydrogen-bond donors (Lipinski definition) is 1. The fourth-order valence-electron chi connectivity index (χ4n) is 2.51. The zero-order chi connectivity index (χ0) is 12.1. The van der Waals surface area contributed by atoms with E-state index in [1.54, 1.807) is 0 Å². The van der Waals surface area contributed by atoms with E-state index in [-0.39, 0.29) is 6.04 Å². The van der Waals surface area contributed by atoms with E-state index < -0.39 is 0 Å². The molecule has 0 aromatic carbocycles. The Morgan fingerprint density at radius 3 is 2.56 bits per heavy atom. The van der Waals surface area contributed by atoms with E-state index in [2.05, 4.69) is 18.9 Å². The molecule has 0 saturated heterocycles. The van der Waals surface area contributed by atoms with Crippen LogP contribution in [0.5, 0.6) is 0 Å². The Kier molecular flexibility index (Phi) is 2.79. The molecule has 4 heteroatoms. The Morgan fingerprint density at radius 1 is 1.62 bits per heavy atom. The van der Waals surface area contributed by atoms with Gasteiger partial charge in [0.05, 0.1) is 16.4 Å². The Bertz CT molecular complexity index is 409. The molecule has 1 saturated carbocycles. The number of aryl methyl sites for hydroxylation is 2. The largest absolute Gasteiger partial charge is 0.327 e. The number of halogens is 1. The fourth-order valence-corrected chi connectivity index (χ4v) is 2.74. The van der Waals surface area contributed by atoms with Gasteiger partial charge in [-0.15, -0.1) is 0 Å². The Morgan fingerprint density at radius 2 is 2.19 bits per heavy atom. The summed E-state index contributed by atoms with van der Waals surface area (Å²) < 4.78 is 1.85. The van der Waals surface area contributed by atoms with Crippen molar-refractivity contribution in [1.29, 1.82) is 0 Å². The van der Waals surface area contributed by atoms with Gasteiger partial charge in [0.1, 0.15) is 0 Å². The van der Waals surface area contributed by atoms with Crippen molar-refractivity contribution in [3.8, 4) is 0 Å². The molecule has 2 atom stereocenters. The number of nitrogens with two attached hydrogens (primary N) is 1. The summed E-state index contributed by atoms with van der Waals surface area (Å²) in [5, 5.41) is 5.08. The third-order valence-electron chi connectivity index (χ3n) is 3.80. The third kappa shape index (κ3) is 1.98. The highest BCUT2D eigenvalue weighted by Crippen LogP contribution is 2.53. The molecule has 90 valence electrons. The molecule has 0 aliphatic heterocycles. The molecule has 2 N–H and O–H groups in total. The maximum absolute atomic E-state index is 6.23. The van der Waals surface area contributed by atoms with Gasteiger partial charge in [0.2, 0.25) is 0 Å². The second kappa shape index (κ2) is 3.74. The zero-order valence-corrected chi connectivity index (χ0v) is 11.2. The molecule has 1 fully saturated rings. The molecular formula is C12H20ClN3. The van der Waals surface area contributed by atoms with Gasteiger partial charge in [-0.3, -0.25) is 4.68 Å². The fraction of sp³-hybridized carbons (Fsp3) is 0.750. The highest BCUT2D eigenvalue weighted by Gasteiger charge is 2.48. The van der Waals surface area contributed by atoms with Crippen molar-refractivity contribution >= 4 is 11.6 Å². The first-order valence-corrected chi connectivity index (χ1v) is 6.14. The maximum atomic E-state index is 6.23. The lowest BCUT2D eigenvalue weighted by Crippen LogP contribution is -2.28. The topological polar surface area (TPSA) is 43.8 Å². The van der Waals surface area contributed by atoms with Gasteiger partial charge in [0.15, 0.2) is 0 Å². The summed E-state index contributed by atoms with van der Waals surface area (Å²) in [6, 6.07) is 0.197. The van der Waals surface area contributed by atoms with Crippen molar-refractivity contribution in [3.05, 3.63) is 16.4 Å². The monoisotopic (exact) mass is 241 g/mol. The molecule has 0 bridgehead atoms. The molecule has 3 nitrogen and oxygen atoms in total. The lowest BCUT2D eigenvalue weighted by atomic mass is 10.0. The van der Waals surface area contributed by atoms with Crippen molar-refractivity contribution in [1.82, 2.24) is 9.78 Å². The Labute approximate surface area is 102 Å². The van der Waals surface area contributed by atoms with Gasteiger partial charge < -0.3 is 5.73 Å². The quantitative estimate of drug-likeness (QED) is 0.883. The number of hydrogen-bond acceptors (Lipinski definition) is 2. The molecule has 1 aromatic rings. The van der Waals surface area contributed by atoms with E-state index in [1.807, 2.05) is 18.7 Å². The predicted octanol–water partition coefficient (Wildman–Crippen LogP) is 2.30. The van der Waals surface area contributed by atoms with Crippen molar-refractivity contribution in [2.24, 2.45) is 24.1 Å². The standard InChI is InChI=1S/C12H20ClN3/c1-7-11(13)10(16(4)15-7)5-9(14)8-6-12(8,2)3/h8-9H,5-6,14H2,1-4H3. The van der Waals surface area contributed by atoms with Crippen LogP contribution in [0.3, 0.4) is 0 Å². The van der Waals surface area contributed by atoms with Crippen LogP contribution >= 0.6 is 11.6 Å². The van der Waals surface area contributed by atoms with Crippen LogP contribution in [0, 0.1) is 18.3 Å². The van der Waals surface area contributed by atoms with Crippen LogP contribution in [0.2, 0.25) is 5.02 Å². The summed E-state index contributed by atoms with van der Waals surface area (Å²) in [6.07, 6.45) is 2.05. The van der Waals surface area contributed by atoms with Crippen LogP contribution < -0.4 is 5.73 Å². The first-order valence-electron chi connectivity index (χ1n) is 5.76. The van der Waals surface area contributed by atoms with Crippen molar-refractivity contribution in [2.75, 3.05) is 0 Å². The Hall–Kier alpha value is -0.540. The van der Waals surface area contributed by atoms with Crippen molar-refractivity contribution in [2.45, 2.75) is 39.7 Å². The van der Waals surface area contributed by atoms with Gasteiger partial charge in [-0.05, 0) is 24.7 Å². The lowest BCUT2D eigenvalue weighted by molar-refractivity contribution is 0.468. The third-order valence-corrected chi connectivity index (χ3v) is 4.29. The average Bonchev–Trinajstić information content (AvgIpc) is 2.75. The minimum absolute atomic E-state index is 0.197. The summed E-state index contributed by atoms with van der Waals surface area (Å²) in [5.41, 5.74) is 8.60. The smallest absolute Gasteiger partial charge is 0.0847 e. The minimum atomic E-state index is 0.197. The van der Waals surface area contributed by atoms with E-state index in [1.165, 1.54) is 6.42 Å². The van der Waals surface area contributed by atoms with Crippen molar-refractivity contribution in [3.63, 3.8) is 0 Å². The maximum Gasteiger partial charge on any atom is 0.0847 e. The number of nitrogens with zero attached hydrogens (tertiary/aromatic N) is 2. The van der Waals surface area contributed by atoms with Crippen LogP contribution in [0.25, 0.3) is 0 Å². The van der Waals surface area contributed by atoms with E-state index in [0.717, 1.165) is 22.8 Å². The van der Waals surface area contributed by atoms with Crippen LogP contribution in [-0.2, 0) is 13.5 Å². The second-order valence-corrected chi connectivity index (χ2v) is 6.01. The van der Waals surface area contributed by atoms with E-state index >= 15 is 0 Å². The normalized spacial score (nSPS) is 24.5. The number of rotatable bonds is 3. The Balaban J connectivity index is 2.10. The van der Waals surface area contributed by atoms with Crippen LogP contribution in [0.15, 0.2) is 0 Å². The van der Waals surface area contributed by atoms with E-state index in [4.69, 9.17) is 17.3 Å². The molecule has 1 heterocycles. The average molecular weight is 242 g/mol. The van der Waals surface area contributed by atoms with Gasteiger partial charge in [-0.1, -0.05) is 25.4 Å². The second-order valence-electron chi connectivity index (χ2n) is 5.64. The van der Waals surface area contributed by atoms with Gasteiger partial charge in [-0.25, -0.2) is 0 Å². The molecule has 0 spiro atoms. The number of aromatic nitrogens is 2. The summed E-state index contributed by atoms with van der Waals surface area (Å²) in [4.78, 5) is 0. The zero-order valence-electron chi connectivity index (χ0n) is 10.4. The molecule has 0 radical (unpaired) electrons. The SMILES string of the molecule is Cc1nn(C)c(CC(N)C2CC2(C)C)c1Cl. The molecule has 2 rings (SSSR count). The molecule has 16 heavy (non-hydrogen) atoms. The molecule has 1 aliphatic rings. The van der Waals surface area contributed by atoms with E-state index in [0.29, 0.717) is 11.3 Å². The summed E-state index contributed by atoms with van der Waals surface area (Å²) in [7, 11) is 1.93. The molecule has 1 aliphatic carbocycles. The minimum Gasteiger partial charge on any atom is -0.327 e. The first-order chi connectivity index (χ1) is 7.33. The highest BCUT2D eigenvalue weighted by atomic mass is 35.5. The lowest BCUT2D eigenvalue weighted by Gasteiger charge is -2.13. The van der Waals surface area contributed by atoms with Crippen molar-refractivity contribution < 1.29 is 0 Å². The van der Waals surface area contributed by atoms with E-state index in [9.17, 15) is 0 Å². The first kappa shape index (κ1) is 11.9. The highest BCUT2D eigenvalue weighted by molar-refractivity contribution is 6.31. The summed E-state index contributed by atoms with van der Waals surface area (Å²) in [6.45, 7) is 6.47. The van der Waals surface area contributed by atoms with Crippen LogP contribution in [0.4, 0.5) is 0 Å². The van der Waals surface area contributed by atoms with Crippen LogP contribution in [0.1, 0.15) is 31.7 Å².